The van der Waals surface area contributed by atoms with Crippen LogP contribution in [-0.2, 0) is 0 Å². The van der Waals surface area contributed by atoms with Crippen LogP contribution in [-0.4, -0.2) is 0 Å². The molecule has 0 N–H and O–H groups in total. The van der Waals surface area contributed by atoms with Gasteiger partial charge in [0.05, 0.1) is 5.69 Å². The highest BCUT2D eigenvalue weighted by Gasteiger charge is 2.23. The van der Waals surface area contributed by atoms with Crippen molar-refractivity contribution < 1.29 is 4.42 Å². The Balaban J connectivity index is 1.21. The molecule has 0 atom stereocenters. The van der Waals surface area contributed by atoms with Crippen molar-refractivity contribution in [2.45, 2.75) is 6.92 Å². The lowest BCUT2D eigenvalue weighted by atomic mass is 9.89. The zero-order chi connectivity index (χ0) is 36.7. The molecule has 1 aromatic heterocycles. The minimum absolute atomic E-state index is 0.866. The molecule has 0 saturated heterocycles. The Labute approximate surface area is 321 Å². The van der Waals surface area contributed by atoms with E-state index in [2.05, 4.69) is 218 Å². The molecule has 10 aromatic rings. The number of fused-ring (bicyclic) bond motifs is 4. The number of nitrogens with zero attached hydrogens (tertiary/aromatic N) is 1. The lowest BCUT2D eigenvalue weighted by Gasteiger charge is -2.30. The molecule has 0 aliphatic carbocycles. The molecule has 260 valence electrons. The van der Waals surface area contributed by atoms with Crippen molar-refractivity contribution in [2.24, 2.45) is 0 Å². The van der Waals surface area contributed by atoms with Crippen molar-refractivity contribution >= 4 is 49.8 Å². The van der Waals surface area contributed by atoms with Gasteiger partial charge >= 0.3 is 0 Å². The molecule has 10 rings (SSSR count). The van der Waals surface area contributed by atoms with Crippen LogP contribution in [0.2, 0.25) is 0 Å². The number of benzene rings is 9. The third-order valence-electron chi connectivity index (χ3n) is 10.8. The summed E-state index contributed by atoms with van der Waals surface area (Å²) in [7, 11) is 0. The molecule has 0 fully saturated rings. The van der Waals surface area contributed by atoms with Crippen LogP contribution in [0.15, 0.2) is 211 Å². The van der Waals surface area contributed by atoms with E-state index in [-0.39, 0.29) is 0 Å². The highest BCUT2D eigenvalue weighted by Crippen LogP contribution is 2.48. The van der Waals surface area contributed by atoms with Crippen molar-refractivity contribution in [3.8, 4) is 44.5 Å². The molecule has 0 unspecified atom stereocenters. The van der Waals surface area contributed by atoms with Gasteiger partial charge in [-0.3, -0.25) is 0 Å². The fraction of sp³-hybridized carbons (Fsp3) is 0.0189. The molecular weight excluding hydrogens is 667 g/mol. The number of hydrogen-bond acceptors (Lipinski definition) is 2. The molecule has 0 saturated carbocycles. The molecule has 9 aromatic carbocycles. The topological polar surface area (TPSA) is 16.4 Å². The Morgan fingerprint density at radius 3 is 1.65 bits per heavy atom. The van der Waals surface area contributed by atoms with E-state index in [1.165, 1.54) is 38.4 Å². The number of anilines is 3. The van der Waals surface area contributed by atoms with E-state index in [0.29, 0.717) is 0 Å². The molecule has 2 heteroatoms. The van der Waals surface area contributed by atoms with E-state index in [9.17, 15) is 0 Å². The smallest absolute Gasteiger partial charge is 0.137 e. The summed E-state index contributed by atoms with van der Waals surface area (Å²) in [6, 6.07) is 74.0. The molecule has 0 bridgehead atoms. The van der Waals surface area contributed by atoms with Gasteiger partial charge in [0, 0.05) is 39.3 Å². The van der Waals surface area contributed by atoms with Crippen LogP contribution in [0.4, 0.5) is 17.1 Å². The average molecular weight is 704 g/mol. The summed E-state index contributed by atoms with van der Waals surface area (Å²) in [6.07, 6.45) is 0. The van der Waals surface area contributed by atoms with Gasteiger partial charge < -0.3 is 9.32 Å². The second kappa shape index (κ2) is 13.7. The molecule has 0 radical (unpaired) electrons. The van der Waals surface area contributed by atoms with Gasteiger partial charge in [0.25, 0.3) is 0 Å². The second-order valence-corrected chi connectivity index (χ2v) is 14.1. The first-order chi connectivity index (χ1) is 27.2. The van der Waals surface area contributed by atoms with Gasteiger partial charge in [0.1, 0.15) is 11.2 Å². The normalized spacial score (nSPS) is 11.4. The summed E-state index contributed by atoms with van der Waals surface area (Å²) in [5.74, 6) is 0. The van der Waals surface area contributed by atoms with Gasteiger partial charge in [-0.25, -0.2) is 0 Å². The van der Waals surface area contributed by atoms with Gasteiger partial charge in [0.2, 0.25) is 0 Å². The summed E-state index contributed by atoms with van der Waals surface area (Å²) in [5.41, 5.74) is 15.6. The van der Waals surface area contributed by atoms with Crippen LogP contribution in [0.3, 0.4) is 0 Å². The number of aryl methyl sites for hydroxylation is 1. The minimum atomic E-state index is 0.866. The summed E-state index contributed by atoms with van der Waals surface area (Å²) < 4.78 is 6.57. The molecule has 55 heavy (non-hydrogen) atoms. The van der Waals surface area contributed by atoms with Gasteiger partial charge in [-0.1, -0.05) is 170 Å². The monoisotopic (exact) mass is 703 g/mol. The molecule has 0 aliphatic rings. The van der Waals surface area contributed by atoms with Gasteiger partial charge in [-0.15, -0.1) is 0 Å². The molecule has 0 spiro atoms. The molecule has 1 heterocycles. The predicted octanol–water partition coefficient (Wildman–Crippen LogP) is 15.2. The van der Waals surface area contributed by atoms with E-state index in [0.717, 1.165) is 61.4 Å². The highest BCUT2D eigenvalue weighted by molar-refractivity contribution is 6.09. The third kappa shape index (κ3) is 5.76. The second-order valence-electron chi connectivity index (χ2n) is 14.1. The SMILES string of the molecule is Cc1cccc2oc3cc(N(c4ccc(-c5ccc6ccccc6c5-c5ccccc5)cc4)c4c(-c5ccccc5)cccc4-c4ccccc4)ccc3c12. The van der Waals surface area contributed by atoms with Crippen LogP contribution in [0, 0.1) is 6.92 Å². The zero-order valence-electron chi connectivity index (χ0n) is 30.5. The van der Waals surface area contributed by atoms with Crippen molar-refractivity contribution in [3.05, 3.63) is 212 Å². The third-order valence-corrected chi connectivity index (χ3v) is 10.8. The van der Waals surface area contributed by atoms with Crippen molar-refractivity contribution in [1.82, 2.24) is 0 Å². The minimum Gasteiger partial charge on any atom is -0.456 e. The van der Waals surface area contributed by atoms with Crippen molar-refractivity contribution in [1.29, 1.82) is 0 Å². The van der Waals surface area contributed by atoms with E-state index in [1.807, 2.05) is 0 Å². The van der Waals surface area contributed by atoms with Crippen LogP contribution < -0.4 is 4.90 Å². The summed E-state index contributed by atoms with van der Waals surface area (Å²) >= 11 is 0. The molecule has 2 nitrogen and oxygen atoms in total. The maximum absolute atomic E-state index is 6.57. The Morgan fingerprint density at radius 2 is 0.964 bits per heavy atom. The first kappa shape index (κ1) is 32.5. The van der Waals surface area contributed by atoms with Crippen LogP contribution >= 0.6 is 0 Å². The van der Waals surface area contributed by atoms with Gasteiger partial charge in [0.15, 0.2) is 0 Å². The quantitative estimate of drug-likeness (QED) is 0.164. The first-order valence-electron chi connectivity index (χ1n) is 18.8. The predicted molar refractivity (Wildman–Crippen MR) is 232 cm³/mol. The number of para-hydroxylation sites is 1. The molecular formula is C53H37NO. The highest BCUT2D eigenvalue weighted by atomic mass is 16.3. The standard InChI is InChI=1S/C53H37NO/c1-36-15-13-26-49-51(36)48-34-32-43(35-50(48)55-49)54(53-46(37-16-5-2-6-17-37)24-14-25-47(53)38-18-7-3-8-19-38)42-30-27-40(28-31-42)45-33-29-39-20-11-12-23-44(39)52(45)41-21-9-4-10-22-41/h2-35H,1H3. The van der Waals surface area contributed by atoms with Crippen LogP contribution in [0.25, 0.3) is 77.2 Å². The number of hydrogen-bond donors (Lipinski definition) is 0. The fourth-order valence-corrected chi connectivity index (χ4v) is 8.24. The molecule has 0 aliphatic heterocycles. The Kier molecular flexibility index (Phi) is 8.08. The van der Waals surface area contributed by atoms with Crippen LogP contribution in [0.1, 0.15) is 5.56 Å². The van der Waals surface area contributed by atoms with E-state index in [1.54, 1.807) is 0 Å². The van der Waals surface area contributed by atoms with Crippen molar-refractivity contribution in [3.63, 3.8) is 0 Å². The fourth-order valence-electron chi connectivity index (χ4n) is 8.24. The summed E-state index contributed by atoms with van der Waals surface area (Å²) in [5, 5.41) is 4.77. The summed E-state index contributed by atoms with van der Waals surface area (Å²) in [6.45, 7) is 2.15. The lowest BCUT2D eigenvalue weighted by Crippen LogP contribution is -2.12. The largest absolute Gasteiger partial charge is 0.456 e. The van der Waals surface area contributed by atoms with E-state index < -0.39 is 0 Å². The van der Waals surface area contributed by atoms with Crippen LogP contribution in [0.5, 0.6) is 0 Å². The van der Waals surface area contributed by atoms with E-state index in [4.69, 9.17) is 4.42 Å². The number of furan rings is 1. The summed E-state index contributed by atoms with van der Waals surface area (Å²) in [4.78, 5) is 2.41. The first-order valence-corrected chi connectivity index (χ1v) is 18.8. The Bertz CT molecular complexity index is 2910. The zero-order valence-corrected chi connectivity index (χ0v) is 30.5. The lowest BCUT2D eigenvalue weighted by molar-refractivity contribution is 0.669. The van der Waals surface area contributed by atoms with Crippen molar-refractivity contribution in [2.75, 3.05) is 4.90 Å². The maximum Gasteiger partial charge on any atom is 0.137 e. The van der Waals surface area contributed by atoms with Gasteiger partial charge in [-0.2, -0.15) is 0 Å². The Hall–Kier alpha value is -7.16. The number of rotatable bonds is 7. The maximum atomic E-state index is 6.57. The molecule has 0 amide bonds. The van der Waals surface area contributed by atoms with Gasteiger partial charge in [-0.05, 0) is 87.0 Å². The average Bonchev–Trinajstić information content (AvgIpc) is 3.64. The van der Waals surface area contributed by atoms with E-state index >= 15 is 0 Å². The Morgan fingerprint density at radius 1 is 0.382 bits per heavy atom.